The number of hydrogen-bond donors (Lipinski definition) is 1. The summed E-state index contributed by atoms with van der Waals surface area (Å²) in [4.78, 5) is 14.8. The zero-order chi connectivity index (χ0) is 13.1. The third-order valence-corrected chi connectivity index (χ3v) is 3.40. The zero-order valence-electron chi connectivity index (χ0n) is 10.9. The van der Waals surface area contributed by atoms with Gasteiger partial charge in [0, 0.05) is 18.4 Å². The molecule has 0 aliphatic carbocycles. The van der Waals surface area contributed by atoms with Crippen LogP contribution < -0.4 is 0 Å². The molecule has 1 heterocycles. The number of hydrogen-bond acceptors (Lipinski definition) is 3. The molecule has 0 radical (unpaired) electrons. The summed E-state index contributed by atoms with van der Waals surface area (Å²) in [5.41, 5.74) is 1.35. The van der Waals surface area contributed by atoms with Crippen molar-refractivity contribution >= 4 is 17.7 Å². The van der Waals surface area contributed by atoms with Crippen LogP contribution in [0.25, 0.3) is 0 Å². The van der Waals surface area contributed by atoms with E-state index >= 15 is 0 Å². The topological polar surface area (TPSA) is 55.1 Å². The first kappa shape index (κ1) is 14.1. The lowest BCUT2D eigenvalue weighted by atomic mass is 9.92. The second kappa shape index (κ2) is 5.58. The van der Waals surface area contributed by atoms with E-state index in [1.165, 1.54) is 11.8 Å². The van der Waals surface area contributed by atoms with Crippen LogP contribution in [0.5, 0.6) is 0 Å². The molecule has 1 aromatic rings. The first-order chi connectivity index (χ1) is 7.79. The van der Waals surface area contributed by atoms with Gasteiger partial charge in [0.1, 0.15) is 0 Å². The fourth-order valence-corrected chi connectivity index (χ4v) is 2.17. The Morgan fingerprint density at radius 2 is 2.18 bits per heavy atom. The standard InChI is InChI=1S/C12H20N2O2S/c1-9-7-13-11(17-8-10(15)16)14(9)6-5-12(2,3)4/h7H,5-6,8H2,1-4H3,(H,15,16). The predicted molar refractivity (Wildman–Crippen MR) is 69.4 cm³/mol. The Morgan fingerprint density at radius 3 is 2.71 bits per heavy atom. The molecule has 0 aromatic carbocycles. The van der Waals surface area contributed by atoms with Gasteiger partial charge < -0.3 is 9.67 Å². The zero-order valence-corrected chi connectivity index (χ0v) is 11.7. The molecule has 0 bridgehead atoms. The summed E-state index contributed by atoms with van der Waals surface area (Å²) in [5.74, 6) is -0.746. The highest BCUT2D eigenvalue weighted by molar-refractivity contribution is 7.99. The number of carbonyl (C=O) groups is 1. The van der Waals surface area contributed by atoms with E-state index in [1.807, 2.05) is 6.92 Å². The summed E-state index contributed by atoms with van der Waals surface area (Å²) in [6.45, 7) is 9.48. The number of aliphatic carboxylic acids is 1. The maximum absolute atomic E-state index is 10.5. The average Bonchev–Trinajstić information content (AvgIpc) is 2.52. The van der Waals surface area contributed by atoms with Crippen LogP contribution in [0.4, 0.5) is 0 Å². The van der Waals surface area contributed by atoms with Crippen molar-refractivity contribution in [1.29, 1.82) is 0 Å². The van der Waals surface area contributed by atoms with Crippen LogP contribution in [0.1, 0.15) is 32.9 Å². The maximum Gasteiger partial charge on any atom is 0.313 e. The van der Waals surface area contributed by atoms with E-state index in [4.69, 9.17) is 5.11 Å². The largest absolute Gasteiger partial charge is 0.481 e. The van der Waals surface area contributed by atoms with Crippen molar-refractivity contribution in [2.24, 2.45) is 5.41 Å². The Morgan fingerprint density at radius 1 is 1.53 bits per heavy atom. The highest BCUT2D eigenvalue weighted by atomic mass is 32.2. The lowest BCUT2D eigenvalue weighted by molar-refractivity contribution is -0.133. The number of carboxylic acids is 1. The van der Waals surface area contributed by atoms with Crippen LogP contribution in [0.15, 0.2) is 11.4 Å². The van der Waals surface area contributed by atoms with E-state index in [2.05, 4.69) is 30.3 Å². The molecule has 17 heavy (non-hydrogen) atoms. The summed E-state index contributed by atoms with van der Waals surface area (Å²) >= 11 is 1.28. The van der Waals surface area contributed by atoms with Crippen LogP contribution in [0.2, 0.25) is 0 Å². The van der Waals surface area contributed by atoms with Gasteiger partial charge in [-0.3, -0.25) is 4.79 Å². The quantitative estimate of drug-likeness (QED) is 0.823. The van der Waals surface area contributed by atoms with Crippen molar-refractivity contribution in [1.82, 2.24) is 9.55 Å². The van der Waals surface area contributed by atoms with Crippen LogP contribution >= 0.6 is 11.8 Å². The predicted octanol–water partition coefficient (Wildman–Crippen LogP) is 2.80. The monoisotopic (exact) mass is 256 g/mol. The third kappa shape index (κ3) is 4.81. The number of carboxylic acid groups (broad SMARTS) is 1. The molecular weight excluding hydrogens is 236 g/mol. The van der Waals surface area contributed by atoms with Gasteiger partial charge in [0.15, 0.2) is 5.16 Å². The van der Waals surface area contributed by atoms with Crippen LogP contribution in [-0.2, 0) is 11.3 Å². The molecule has 1 N–H and O–H groups in total. The van der Waals surface area contributed by atoms with Crippen molar-refractivity contribution in [3.63, 3.8) is 0 Å². The molecule has 0 fully saturated rings. The van der Waals surface area contributed by atoms with E-state index in [9.17, 15) is 4.79 Å². The number of aromatic nitrogens is 2. The number of rotatable bonds is 5. The molecular formula is C12H20N2O2S. The van der Waals surface area contributed by atoms with Gasteiger partial charge in [0.25, 0.3) is 0 Å². The molecule has 96 valence electrons. The Labute approximate surface area is 106 Å². The van der Waals surface area contributed by atoms with Crippen LogP contribution in [0.3, 0.4) is 0 Å². The fraction of sp³-hybridized carbons (Fsp3) is 0.667. The Balaban J connectivity index is 2.69. The van der Waals surface area contributed by atoms with E-state index in [1.54, 1.807) is 6.20 Å². The van der Waals surface area contributed by atoms with Gasteiger partial charge in [0.05, 0.1) is 5.75 Å². The second-order valence-corrected chi connectivity index (χ2v) is 6.27. The molecule has 0 saturated carbocycles. The first-order valence-corrected chi connectivity index (χ1v) is 6.65. The summed E-state index contributed by atoms with van der Waals surface area (Å²) in [6.07, 6.45) is 2.84. The van der Waals surface area contributed by atoms with Crippen molar-refractivity contribution < 1.29 is 9.90 Å². The number of imidazole rings is 1. The van der Waals surface area contributed by atoms with E-state index in [-0.39, 0.29) is 11.2 Å². The number of aryl methyl sites for hydroxylation is 1. The number of thioether (sulfide) groups is 1. The van der Waals surface area contributed by atoms with Gasteiger partial charge in [-0.1, -0.05) is 32.5 Å². The van der Waals surface area contributed by atoms with Gasteiger partial charge in [-0.05, 0) is 18.8 Å². The summed E-state index contributed by atoms with van der Waals surface area (Å²) < 4.78 is 2.10. The minimum absolute atomic E-state index is 0.0615. The highest BCUT2D eigenvalue weighted by Gasteiger charge is 2.14. The maximum atomic E-state index is 10.5. The Kier molecular flexibility index (Phi) is 4.62. The van der Waals surface area contributed by atoms with Crippen molar-refractivity contribution in [3.05, 3.63) is 11.9 Å². The normalized spacial score (nSPS) is 11.8. The van der Waals surface area contributed by atoms with E-state index in [0.717, 1.165) is 23.8 Å². The summed E-state index contributed by atoms with van der Waals surface area (Å²) in [5, 5.41) is 9.47. The molecule has 0 aliphatic heterocycles. The summed E-state index contributed by atoms with van der Waals surface area (Å²) in [7, 11) is 0. The molecule has 0 amide bonds. The van der Waals surface area contributed by atoms with Crippen LogP contribution in [0, 0.1) is 12.3 Å². The third-order valence-electron chi connectivity index (χ3n) is 2.43. The Hall–Kier alpha value is -0.970. The fourth-order valence-electron chi connectivity index (χ4n) is 1.40. The van der Waals surface area contributed by atoms with Gasteiger partial charge in [0.2, 0.25) is 0 Å². The van der Waals surface area contributed by atoms with Crippen LogP contribution in [-0.4, -0.2) is 26.4 Å². The van der Waals surface area contributed by atoms with Crippen molar-refractivity contribution in [3.8, 4) is 0 Å². The molecule has 0 spiro atoms. The second-order valence-electron chi connectivity index (χ2n) is 5.33. The number of nitrogens with zero attached hydrogens (tertiary/aromatic N) is 2. The molecule has 0 saturated heterocycles. The highest BCUT2D eigenvalue weighted by Crippen LogP contribution is 2.23. The molecule has 0 unspecified atom stereocenters. The SMILES string of the molecule is Cc1cnc(SCC(=O)O)n1CCC(C)(C)C. The molecule has 4 nitrogen and oxygen atoms in total. The van der Waals surface area contributed by atoms with Crippen molar-refractivity contribution in [2.75, 3.05) is 5.75 Å². The van der Waals surface area contributed by atoms with Gasteiger partial charge in [-0.25, -0.2) is 4.98 Å². The van der Waals surface area contributed by atoms with Gasteiger partial charge in [-0.2, -0.15) is 0 Å². The molecule has 1 aromatic heterocycles. The lowest BCUT2D eigenvalue weighted by Gasteiger charge is -2.19. The first-order valence-electron chi connectivity index (χ1n) is 5.66. The molecule has 0 aliphatic rings. The minimum Gasteiger partial charge on any atom is -0.481 e. The van der Waals surface area contributed by atoms with Crippen molar-refractivity contribution in [2.45, 2.75) is 45.8 Å². The van der Waals surface area contributed by atoms with E-state index < -0.39 is 5.97 Å². The molecule has 5 heteroatoms. The molecule has 0 atom stereocenters. The van der Waals surface area contributed by atoms with Gasteiger partial charge in [-0.15, -0.1) is 0 Å². The Bertz CT molecular complexity index is 394. The average molecular weight is 256 g/mol. The lowest BCUT2D eigenvalue weighted by Crippen LogP contribution is -2.12. The minimum atomic E-state index is -0.807. The molecule has 1 rings (SSSR count). The van der Waals surface area contributed by atoms with Gasteiger partial charge >= 0.3 is 5.97 Å². The summed E-state index contributed by atoms with van der Waals surface area (Å²) in [6, 6.07) is 0. The smallest absolute Gasteiger partial charge is 0.313 e. The van der Waals surface area contributed by atoms with E-state index in [0.29, 0.717) is 0 Å².